The van der Waals surface area contributed by atoms with Gasteiger partial charge >= 0.3 is 0 Å². The molecular formula is C10H13ClN2O2. The average Bonchev–Trinajstić information content (AvgIpc) is 2.21. The zero-order valence-corrected chi connectivity index (χ0v) is 9.08. The van der Waals surface area contributed by atoms with Gasteiger partial charge in [0.2, 0.25) is 0 Å². The van der Waals surface area contributed by atoms with Crippen LogP contribution in [-0.4, -0.2) is 23.6 Å². The second-order valence-electron chi connectivity index (χ2n) is 3.27. The molecule has 0 fully saturated rings. The molecule has 0 radical (unpaired) electrons. The molecule has 0 bridgehead atoms. The second-order valence-corrected chi connectivity index (χ2v) is 3.68. The molecular weight excluding hydrogens is 216 g/mol. The predicted octanol–water partition coefficient (Wildman–Crippen LogP) is 1.12. The van der Waals surface area contributed by atoms with Crippen LogP contribution < -0.4 is 11.1 Å². The van der Waals surface area contributed by atoms with Crippen LogP contribution >= 0.6 is 11.6 Å². The Morgan fingerprint density at radius 3 is 2.93 bits per heavy atom. The summed E-state index contributed by atoms with van der Waals surface area (Å²) >= 11 is 5.81. The van der Waals surface area contributed by atoms with Crippen molar-refractivity contribution in [2.24, 2.45) is 5.73 Å². The maximum atomic E-state index is 11.6. The van der Waals surface area contributed by atoms with Gasteiger partial charge in [0.1, 0.15) is 5.75 Å². The van der Waals surface area contributed by atoms with E-state index in [-0.39, 0.29) is 23.3 Å². The number of amides is 1. The summed E-state index contributed by atoms with van der Waals surface area (Å²) < 4.78 is 0. The largest absolute Gasteiger partial charge is 0.508 e. The fourth-order valence-electron chi connectivity index (χ4n) is 1.05. The van der Waals surface area contributed by atoms with Crippen molar-refractivity contribution >= 4 is 17.5 Å². The molecule has 1 rings (SSSR count). The Morgan fingerprint density at radius 1 is 1.67 bits per heavy atom. The Morgan fingerprint density at radius 2 is 2.33 bits per heavy atom. The molecule has 5 heteroatoms. The van der Waals surface area contributed by atoms with E-state index in [1.165, 1.54) is 18.2 Å². The summed E-state index contributed by atoms with van der Waals surface area (Å²) in [4.78, 5) is 11.6. The van der Waals surface area contributed by atoms with Crippen LogP contribution in [0.15, 0.2) is 18.2 Å². The molecule has 0 aliphatic carbocycles. The van der Waals surface area contributed by atoms with E-state index in [9.17, 15) is 9.90 Å². The number of phenols is 1. The van der Waals surface area contributed by atoms with E-state index in [0.717, 1.165) is 0 Å². The Labute approximate surface area is 93.0 Å². The van der Waals surface area contributed by atoms with Crippen molar-refractivity contribution in [3.63, 3.8) is 0 Å². The molecule has 0 heterocycles. The highest BCUT2D eigenvalue weighted by molar-refractivity contribution is 6.33. The van der Waals surface area contributed by atoms with Crippen LogP contribution in [0.25, 0.3) is 0 Å². The van der Waals surface area contributed by atoms with E-state index >= 15 is 0 Å². The first kappa shape index (κ1) is 11.8. The van der Waals surface area contributed by atoms with E-state index in [4.69, 9.17) is 17.3 Å². The maximum Gasteiger partial charge on any atom is 0.253 e. The highest BCUT2D eigenvalue weighted by atomic mass is 35.5. The molecule has 1 aromatic rings. The summed E-state index contributed by atoms with van der Waals surface area (Å²) in [6, 6.07) is 4.08. The normalized spacial score (nSPS) is 12.2. The number of benzene rings is 1. The summed E-state index contributed by atoms with van der Waals surface area (Å²) in [6.07, 6.45) is 0. The van der Waals surface area contributed by atoms with Crippen molar-refractivity contribution < 1.29 is 9.90 Å². The molecule has 15 heavy (non-hydrogen) atoms. The molecule has 1 unspecified atom stereocenters. The molecule has 82 valence electrons. The van der Waals surface area contributed by atoms with Crippen LogP contribution in [0, 0.1) is 0 Å². The summed E-state index contributed by atoms with van der Waals surface area (Å²) in [5, 5.41) is 12.2. The predicted molar refractivity (Wildman–Crippen MR) is 59.1 cm³/mol. The van der Waals surface area contributed by atoms with E-state index in [1.54, 1.807) is 6.92 Å². The van der Waals surface area contributed by atoms with Gasteiger partial charge in [0.25, 0.3) is 5.91 Å². The number of carbonyl (C=O) groups excluding carboxylic acids is 1. The SMILES string of the molecule is CC(CN)NC(=O)c1cc(O)ccc1Cl. The van der Waals surface area contributed by atoms with Crippen molar-refractivity contribution in [2.75, 3.05) is 6.54 Å². The third kappa shape index (κ3) is 3.11. The molecule has 1 atom stereocenters. The lowest BCUT2D eigenvalue weighted by molar-refractivity contribution is 0.0941. The third-order valence-corrected chi connectivity index (χ3v) is 2.26. The molecule has 4 nitrogen and oxygen atoms in total. The molecule has 0 saturated carbocycles. The number of hydrogen-bond donors (Lipinski definition) is 3. The standard InChI is InChI=1S/C10H13ClN2O2/c1-6(5-12)13-10(15)8-4-7(14)2-3-9(8)11/h2-4,6,14H,5,12H2,1H3,(H,13,15). The van der Waals surface area contributed by atoms with Gasteiger partial charge in [0.15, 0.2) is 0 Å². The van der Waals surface area contributed by atoms with Crippen LogP contribution in [-0.2, 0) is 0 Å². The van der Waals surface area contributed by atoms with Gasteiger partial charge in [0, 0.05) is 12.6 Å². The van der Waals surface area contributed by atoms with Gasteiger partial charge in [-0.1, -0.05) is 11.6 Å². The molecule has 1 aromatic carbocycles. The van der Waals surface area contributed by atoms with Crippen molar-refractivity contribution in [2.45, 2.75) is 13.0 Å². The first-order valence-electron chi connectivity index (χ1n) is 4.54. The number of halogens is 1. The van der Waals surface area contributed by atoms with Crippen molar-refractivity contribution in [3.05, 3.63) is 28.8 Å². The van der Waals surface area contributed by atoms with Gasteiger partial charge in [-0.2, -0.15) is 0 Å². The van der Waals surface area contributed by atoms with Gasteiger partial charge in [0.05, 0.1) is 10.6 Å². The first-order valence-corrected chi connectivity index (χ1v) is 4.92. The molecule has 1 amide bonds. The first-order chi connectivity index (χ1) is 7.04. The Hall–Kier alpha value is -1.26. The quantitative estimate of drug-likeness (QED) is 0.726. The topological polar surface area (TPSA) is 75.3 Å². The fraction of sp³-hybridized carbons (Fsp3) is 0.300. The maximum absolute atomic E-state index is 11.6. The van der Waals surface area contributed by atoms with Gasteiger partial charge in [-0.15, -0.1) is 0 Å². The summed E-state index contributed by atoms with van der Waals surface area (Å²) in [5.74, 6) is -0.334. The number of rotatable bonds is 3. The van der Waals surface area contributed by atoms with E-state index in [0.29, 0.717) is 11.6 Å². The number of nitrogens with two attached hydrogens (primary N) is 1. The van der Waals surface area contributed by atoms with Crippen LogP contribution in [0.5, 0.6) is 5.75 Å². The van der Waals surface area contributed by atoms with Crippen LogP contribution in [0.3, 0.4) is 0 Å². The smallest absolute Gasteiger partial charge is 0.253 e. The fourth-order valence-corrected chi connectivity index (χ4v) is 1.25. The third-order valence-electron chi connectivity index (χ3n) is 1.93. The van der Waals surface area contributed by atoms with Crippen LogP contribution in [0.2, 0.25) is 5.02 Å². The minimum atomic E-state index is -0.339. The summed E-state index contributed by atoms with van der Waals surface area (Å²) in [5.41, 5.74) is 5.62. The van der Waals surface area contributed by atoms with E-state index in [2.05, 4.69) is 5.32 Å². The minimum absolute atomic E-state index is 0.00458. The van der Waals surface area contributed by atoms with E-state index in [1.807, 2.05) is 0 Å². The Bertz CT molecular complexity index is 368. The minimum Gasteiger partial charge on any atom is -0.508 e. The molecule has 0 aromatic heterocycles. The number of phenolic OH excluding ortho intramolecular Hbond substituents is 1. The lowest BCUT2D eigenvalue weighted by atomic mass is 10.2. The van der Waals surface area contributed by atoms with E-state index < -0.39 is 0 Å². The Kier molecular flexibility index (Phi) is 3.94. The van der Waals surface area contributed by atoms with Gasteiger partial charge < -0.3 is 16.2 Å². The zero-order valence-electron chi connectivity index (χ0n) is 8.33. The summed E-state index contributed by atoms with van der Waals surface area (Å²) in [7, 11) is 0. The molecule has 0 saturated heterocycles. The lowest BCUT2D eigenvalue weighted by Crippen LogP contribution is -2.37. The molecule has 0 aliphatic rings. The molecule has 0 spiro atoms. The lowest BCUT2D eigenvalue weighted by Gasteiger charge is -2.12. The summed E-state index contributed by atoms with van der Waals surface area (Å²) in [6.45, 7) is 2.14. The number of aromatic hydroxyl groups is 1. The highest BCUT2D eigenvalue weighted by Gasteiger charge is 2.12. The number of nitrogens with one attached hydrogen (secondary N) is 1. The zero-order chi connectivity index (χ0) is 11.4. The highest BCUT2D eigenvalue weighted by Crippen LogP contribution is 2.20. The van der Waals surface area contributed by atoms with Crippen molar-refractivity contribution in [1.29, 1.82) is 0 Å². The average molecular weight is 229 g/mol. The van der Waals surface area contributed by atoms with Gasteiger partial charge in [-0.05, 0) is 25.1 Å². The molecule has 0 aliphatic heterocycles. The van der Waals surface area contributed by atoms with Crippen LogP contribution in [0.1, 0.15) is 17.3 Å². The van der Waals surface area contributed by atoms with Gasteiger partial charge in [-0.3, -0.25) is 4.79 Å². The number of hydrogen-bond acceptors (Lipinski definition) is 3. The van der Waals surface area contributed by atoms with Crippen molar-refractivity contribution in [3.8, 4) is 5.75 Å². The van der Waals surface area contributed by atoms with Gasteiger partial charge in [-0.25, -0.2) is 0 Å². The molecule has 4 N–H and O–H groups in total. The monoisotopic (exact) mass is 228 g/mol. The second kappa shape index (κ2) is 5.00. The number of carbonyl (C=O) groups is 1. The van der Waals surface area contributed by atoms with Crippen molar-refractivity contribution in [1.82, 2.24) is 5.32 Å². The Balaban J connectivity index is 2.86. The van der Waals surface area contributed by atoms with Crippen LogP contribution in [0.4, 0.5) is 0 Å².